The van der Waals surface area contributed by atoms with Crippen molar-refractivity contribution in [2.75, 3.05) is 5.75 Å². The van der Waals surface area contributed by atoms with Crippen LogP contribution in [0.25, 0.3) is 0 Å². The molecule has 2 nitrogen and oxygen atoms in total. The molecule has 0 amide bonds. The van der Waals surface area contributed by atoms with Gasteiger partial charge >= 0.3 is 0 Å². The quantitative estimate of drug-likeness (QED) is 0.785. The van der Waals surface area contributed by atoms with Gasteiger partial charge in [0.1, 0.15) is 0 Å². The summed E-state index contributed by atoms with van der Waals surface area (Å²) in [5, 5.41) is 9.98. The van der Waals surface area contributed by atoms with Crippen molar-refractivity contribution in [2.24, 2.45) is 5.92 Å². The minimum atomic E-state index is -0.387. The van der Waals surface area contributed by atoms with Gasteiger partial charge in [-0.05, 0) is 24.5 Å². The van der Waals surface area contributed by atoms with Gasteiger partial charge in [0.25, 0.3) is 0 Å². The summed E-state index contributed by atoms with van der Waals surface area (Å²) in [4.78, 5) is 11.3. The number of hydrogen-bond donors (Lipinski definition) is 1. The van der Waals surface area contributed by atoms with Crippen molar-refractivity contribution in [3.05, 3.63) is 0 Å². The zero-order valence-electron chi connectivity index (χ0n) is 8.87. The summed E-state index contributed by atoms with van der Waals surface area (Å²) in [5.74, 6) is 1.20. The standard InChI is InChI=1S/C11H20O2S/c1-2-14-11(13)8-10(12)9-6-4-3-5-7-9/h9-10,12H,2-8H2,1H3/t10-/m0/s1. The summed E-state index contributed by atoms with van der Waals surface area (Å²) in [6.45, 7) is 1.97. The molecule has 0 aliphatic heterocycles. The predicted molar refractivity (Wildman–Crippen MR) is 60.3 cm³/mol. The van der Waals surface area contributed by atoms with Crippen LogP contribution in [0.4, 0.5) is 0 Å². The molecule has 3 heteroatoms. The third-order valence-corrected chi connectivity index (χ3v) is 3.65. The van der Waals surface area contributed by atoms with E-state index in [1.54, 1.807) is 0 Å². The molecule has 1 aliphatic rings. The highest BCUT2D eigenvalue weighted by molar-refractivity contribution is 8.13. The minimum absolute atomic E-state index is 0.144. The molecule has 0 aromatic rings. The average molecular weight is 216 g/mol. The average Bonchev–Trinajstić information content (AvgIpc) is 2.19. The first-order valence-corrected chi connectivity index (χ1v) is 6.56. The first-order valence-electron chi connectivity index (χ1n) is 5.57. The van der Waals surface area contributed by atoms with Crippen LogP contribution in [0.2, 0.25) is 0 Å². The van der Waals surface area contributed by atoms with E-state index < -0.39 is 0 Å². The van der Waals surface area contributed by atoms with Gasteiger partial charge in [-0.1, -0.05) is 37.9 Å². The molecule has 0 aromatic heterocycles. The number of carbonyl (C=O) groups excluding carboxylic acids is 1. The molecule has 0 saturated heterocycles. The lowest BCUT2D eigenvalue weighted by Crippen LogP contribution is -2.24. The monoisotopic (exact) mass is 216 g/mol. The van der Waals surface area contributed by atoms with Gasteiger partial charge in [0.15, 0.2) is 5.12 Å². The summed E-state index contributed by atoms with van der Waals surface area (Å²) in [6.07, 6.45) is 5.90. The van der Waals surface area contributed by atoms with Crippen LogP contribution < -0.4 is 0 Å². The van der Waals surface area contributed by atoms with Gasteiger partial charge in [0.2, 0.25) is 0 Å². The molecular formula is C11H20O2S. The van der Waals surface area contributed by atoms with E-state index in [1.165, 1.54) is 31.0 Å². The van der Waals surface area contributed by atoms with Crippen molar-refractivity contribution in [2.45, 2.75) is 51.6 Å². The van der Waals surface area contributed by atoms with Gasteiger partial charge in [-0.15, -0.1) is 0 Å². The van der Waals surface area contributed by atoms with Gasteiger partial charge in [-0.2, -0.15) is 0 Å². The van der Waals surface area contributed by atoms with Gasteiger partial charge in [-0.3, -0.25) is 4.79 Å². The lowest BCUT2D eigenvalue weighted by atomic mass is 9.84. The highest BCUT2D eigenvalue weighted by atomic mass is 32.2. The van der Waals surface area contributed by atoms with E-state index in [0.29, 0.717) is 12.3 Å². The first kappa shape index (κ1) is 12.1. The van der Waals surface area contributed by atoms with Crippen LogP contribution in [-0.4, -0.2) is 22.1 Å². The summed E-state index contributed by atoms with van der Waals surface area (Å²) >= 11 is 1.32. The Morgan fingerprint density at radius 1 is 1.43 bits per heavy atom. The molecule has 82 valence electrons. The summed E-state index contributed by atoms with van der Waals surface area (Å²) in [6, 6.07) is 0. The van der Waals surface area contributed by atoms with E-state index in [9.17, 15) is 9.90 Å². The largest absolute Gasteiger partial charge is 0.392 e. The molecule has 1 aliphatic carbocycles. The molecule has 1 saturated carbocycles. The van der Waals surface area contributed by atoms with E-state index in [1.807, 2.05) is 6.92 Å². The Kier molecular flexibility index (Phi) is 5.56. The highest BCUT2D eigenvalue weighted by Gasteiger charge is 2.23. The van der Waals surface area contributed by atoms with Gasteiger partial charge < -0.3 is 5.11 Å². The highest BCUT2D eigenvalue weighted by Crippen LogP contribution is 2.28. The minimum Gasteiger partial charge on any atom is -0.392 e. The predicted octanol–water partition coefficient (Wildman–Crippen LogP) is 2.60. The Hall–Kier alpha value is -0.0200. The van der Waals surface area contributed by atoms with E-state index in [0.717, 1.165) is 18.6 Å². The van der Waals surface area contributed by atoms with Crippen molar-refractivity contribution in [1.29, 1.82) is 0 Å². The maximum absolute atomic E-state index is 11.3. The Morgan fingerprint density at radius 2 is 2.07 bits per heavy atom. The molecule has 14 heavy (non-hydrogen) atoms. The molecule has 1 atom stereocenters. The van der Waals surface area contributed by atoms with Crippen LogP contribution in [0.3, 0.4) is 0 Å². The summed E-state index contributed by atoms with van der Waals surface area (Å²) < 4.78 is 0. The molecule has 0 heterocycles. The van der Waals surface area contributed by atoms with E-state index >= 15 is 0 Å². The number of carbonyl (C=O) groups is 1. The molecule has 0 bridgehead atoms. The fourth-order valence-corrected chi connectivity index (χ4v) is 2.69. The van der Waals surface area contributed by atoms with Crippen LogP contribution in [0.5, 0.6) is 0 Å². The van der Waals surface area contributed by atoms with E-state index in [4.69, 9.17) is 0 Å². The number of aliphatic hydroxyl groups is 1. The van der Waals surface area contributed by atoms with Gasteiger partial charge in [0, 0.05) is 6.42 Å². The van der Waals surface area contributed by atoms with Crippen LogP contribution in [-0.2, 0) is 4.79 Å². The van der Waals surface area contributed by atoms with Crippen molar-refractivity contribution in [1.82, 2.24) is 0 Å². The molecule has 1 fully saturated rings. The molecular weight excluding hydrogens is 196 g/mol. The van der Waals surface area contributed by atoms with Crippen LogP contribution in [0, 0.1) is 5.92 Å². The number of thioether (sulfide) groups is 1. The normalized spacial score (nSPS) is 20.7. The Morgan fingerprint density at radius 3 is 2.64 bits per heavy atom. The SMILES string of the molecule is CCSC(=O)C[C@H](O)C1CCCCC1. The molecule has 0 unspecified atom stereocenters. The van der Waals surface area contributed by atoms with Crippen LogP contribution >= 0.6 is 11.8 Å². The Labute approximate surface area is 90.5 Å². The second-order valence-electron chi connectivity index (χ2n) is 3.97. The molecule has 0 aromatic carbocycles. The molecule has 1 rings (SSSR count). The van der Waals surface area contributed by atoms with Crippen molar-refractivity contribution in [3.63, 3.8) is 0 Å². The molecule has 0 radical (unpaired) electrons. The van der Waals surface area contributed by atoms with Crippen LogP contribution in [0.1, 0.15) is 45.4 Å². The second-order valence-corrected chi connectivity index (χ2v) is 5.30. The Bertz CT molecular complexity index is 176. The van der Waals surface area contributed by atoms with Crippen molar-refractivity contribution in [3.8, 4) is 0 Å². The van der Waals surface area contributed by atoms with Crippen molar-refractivity contribution >= 4 is 16.9 Å². The number of rotatable bonds is 4. The van der Waals surface area contributed by atoms with Crippen LogP contribution in [0.15, 0.2) is 0 Å². The summed E-state index contributed by atoms with van der Waals surface area (Å²) in [5.41, 5.74) is 0. The zero-order valence-corrected chi connectivity index (χ0v) is 9.68. The van der Waals surface area contributed by atoms with Gasteiger partial charge in [-0.25, -0.2) is 0 Å². The lowest BCUT2D eigenvalue weighted by Gasteiger charge is -2.25. The molecule has 0 spiro atoms. The van der Waals surface area contributed by atoms with E-state index in [2.05, 4.69) is 0 Å². The first-order chi connectivity index (χ1) is 6.74. The molecule has 1 N–H and O–H groups in total. The summed E-state index contributed by atoms with van der Waals surface area (Å²) in [7, 11) is 0. The maximum Gasteiger partial charge on any atom is 0.191 e. The fourth-order valence-electron chi connectivity index (χ4n) is 2.08. The third-order valence-electron chi connectivity index (χ3n) is 2.88. The zero-order chi connectivity index (χ0) is 10.4. The lowest BCUT2D eigenvalue weighted by molar-refractivity contribution is -0.113. The third kappa shape index (κ3) is 4.01. The Balaban J connectivity index is 2.25. The second kappa shape index (κ2) is 6.46. The fraction of sp³-hybridized carbons (Fsp3) is 0.909. The smallest absolute Gasteiger partial charge is 0.191 e. The van der Waals surface area contributed by atoms with E-state index in [-0.39, 0.29) is 11.2 Å². The number of aliphatic hydroxyl groups excluding tert-OH is 1. The maximum atomic E-state index is 11.3. The topological polar surface area (TPSA) is 37.3 Å². The van der Waals surface area contributed by atoms with Crippen molar-refractivity contribution < 1.29 is 9.90 Å². The van der Waals surface area contributed by atoms with Gasteiger partial charge in [0.05, 0.1) is 6.10 Å². The number of hydrogen-bond acceptors (Lipinski definition) is 3.